The molecule has 1 aromatic rings. The van der Waals surface area contributed by atoms with Crippen LogP contribution in [0.25, 0.3) is 0 Å². The summed E-state index contributed by atoms with van der Waals surface area (Å²) in [6, 6.07) is 4.27. The highest BCUT2D eigenvalue weighted by Gasteiger charge is 2.24. The van der Waals surface area contributed by atoms with E-state index in [1.54, 1.807) is 0 Å². The molecular weight excluding hydrogens is 244 g/mol. The van der Waals surface area contributed by atoms with Crippen molar-refractivity contribution in [1.82, 2.24) is 0 Å². The molecule has 2 saturated carbocycles. The predicted molar refractivity (Wildman–Crippen MR) is 84.2 cm³/mol. The minimum absolute atomic E-state index is 0.563. The molecule has 0 amide bonds. The highest BCUT2D eigenvalue weighted by Crippen LogP contribution is 2.44. The standard InChI is InChI=1S/C19H27O/c1-14-12-17(15-8-4-2-5-9-15)19(20)18(13-14)16-10-6-3-7-11-16/h12-13,15-16,20H,1-11H2. The van der Waals surface area contributed by atoms with Gasteiger partial charge in [-0.15, -0.1) is 0 Å². The molecule has 2 aliphatic rings. The first kappa shape index (κ1) is 14.0. The second-order valence-corrected chi connectivity index (χ2v) is 6.79. The maximum absolute atomic E-state index is 10.8. The third kappa shape index (κ3) is 2.87. The minimum atomic E-state index is 0.563. The summed E-state index contributed by atoms with van der Waals surface area (Å²) < 4.78 is 0. The summed E-state index contributed by atoms with van der Waals surface area (Å²) in [6.07, 6.45) is 12.9. The van der Waals surface area contributed by atoms with Gasteiger partial charge in [-0.3, -0.25) is 0 Å². The molecule has 0 bridgehead atoms. The molecule has 20 heavy (non-hydrogen) atoms. The van der Waals surface area contributed by atoms with E-state index in [0.717, 1.165) is 5.56 Å². The summed E-state index contributed by atoms with van der Waals surface area (Å²) in [7, 11) is 0. The number of benzene rings is 1. The summed E-state index contributed by atoms with van der Waals surface area (Å²) in [5.41, 5.74) is 3.47. The molecule has 0 aromatic heterocycles. The van der Waals surface area contributed by atoms with E-state index in [1.807, 2.05) is 0 Å². The molecule has 1 heteroatoms. The fourth-order valence-corrected chi connectivity index (χ4v) is 4.19. The molecule has 0 unspecified atom stereocenters. The van der Waals surface area contributed by atoms with Gasteiger partial charge in [-0.05, 0) is 61.1 Å². The van der Waals surface area contributed by atoms with E-state index >= 15 is 0 Å². The zero-order valence-corrected chi connectivity index (χ0v) is 12.5. The van der Waals surface area contributed by atoms with Crippen LogP contribution in [0.15, 0.2) is 12.1 Å². The molecule has 1 radical (unpaired) electrons. The van der Waals surface area contributed by atoms with Crippen LogP contribution in [-0.2, 0) is 0 Å². The van der Waals surface area contributed by atoms with Gasteiger partial charge >= 0.3 is 0 Å². The molecule has 2 fully saturated rings. The fourth-order valence-electron chi connectivity index (χ4n) is 4.19. The smallest absolute Gasteiger partial charge is 0.122 e. The Kier molecular flexibility index (Phi) is 4.33. The Hall–Kier alpha value is -0.980. The molecule has 0 aliphatic heterocycles. The SMILES string of the molecule is [CH2]c1cc(C2CCCCC2)c(O)c(C2CCCCC2)c1. The average Bonchev–Trinajstić information content (AvgIpc) is 2.51. The number of phenols is 1. The maximum atomic E-state index is 10.8. The van der Waals surface area contributed by atoms with Crippen molar-refractivity contribution in [3.63, 3.8) is 0 Å². The van der Waals surface area contributed by atoms with Crippen LogP contribution >= 0.6 is 0 Å². The van der Waals surface area contributed by atoms with Crippen LogP contribution in [0.5, 0.6) is 5.75 Å². The van der Waals surface area contributed by atoms with Crippen molar-refractivity contribution in [2.24, 2.45) is 0 Å². The van der Waals surface area contributed by atoms with Crippen molar-refractivity contribution in [2.45, 2.75) is 76.0 Å². The number of hydrogen-bond donors (Lipinski definition) is 1. The summed E-state index contributed by atoms with van der Waals surface area (Å²) in [4.78, 5) is 0. The largest absolute Gasteiger partial charge is 0.507 e. The van der Waals surface area contributed by atoms with Gasteiger partial charge in [0.15, 0.2) is 0 Å². The van der Waals surface area contributed by atoms with Crippen molar-refractivity contribution >= 4 is 0 Å². The highest BCUT2D eigenvalue weighted by molar-refractivity contribution is 5.48. The van der Waals surface area contributed by atoms with E-state index in [4.69, 9.17) is 0 Å². The molecule has 109 valence electrons. The molecule has 0 saturated heterocycles. The molecular formula is C19H27O. The van der Waals surface area contributed by atoms with Gasteiger partial charge < -0.3 is 5.11 Å². The fraction of sp³-hybridized carbons (Fsp3) is 0.632. The highest BCUT2D eigenvalue weighted by atomic mass is 16.3. The molecule has 3 rings (SSSR count). The lowest BCUT2D eigenvalue weighted by molar-refractivity contribution is 0.393. The van der Waals surface area contributed by atoms with Crippen LogP contribution < -0.4 is 0 Å². The van der Waals surface area contributed by atoms with Crippen molar-refractivity contribution in [3.05, 3.63) is 35.7 Å². The minimum Gasteiger partial charge on any atom is -0.507 e. The monoisotopic (exact) mass is 271 g/mol. The van der Waals surface area contributed by atoms with Gasteiger partial charge in [0.25, 0.3) is 0 Å². The predicted octanol–water partition coefficient (Wildman–Crippen LogP) is 5.67. The Bertz CT molecular complexity index is 412. The second kappa shape index (κ2) is 6.20. The zero-order valence-electron chi connectivity index (χ0n) is 12.5. The van der Waals surface area contributed by atoms with Gasteiger partial charge in [0.1, 0.15) is 5.75 Å². The van der Waals surface area contributed by atoms with E-state index in [9.17, 15) is 5.11 Å². The number of hydrogen-bond acceptors (Lipinski definition) is 1. The normalized spacial score (nSPS) is 22.1. The number of rotatable bonds is 2. The zero-order chi connectivity index (χ0) is 13.9. The Morgan fingerprint density at radius 1 is 0.750 bits per heavy atom. The number of aromatic hydroxyl groups is 1. The molecule has 1 nitrogen and oxygen atoms in total. The number of phenolic OH excluding ortho intramolecular Hbond substituents is 1. The maximum Gasteiger partial charge on any atom is 0.122 e. The molecule has 0 heterocycles. The van der Waals surface area contributed by atoms with Crippen molar-refractivity contribution < 1.29 is 5.11 Å². The quantitative estimate of drug-likeness (QED) is 0.734. The van der Waals surface area contributed by atoms with Gasteiger partial charge in [-0.1, -0.05) is 50.7 Å². The third-order valence-electron chi connectivity index (χ3n) is 5.32. The van der Waals surface area contributed by atoms with E-state index in [1.165, 1.54) is 75.3 Å². The van der Waals surface area contributed by atoms with Crippen LogP contribution in [-0.4, -0.2) is 5.11 Å². The van der Waals surface area contributed by atoms with Gasteiger partial charge in [-0.2, -0.15) is 0 Å². The van der Waals surface area contributed by atoms with Gasteiger partial charge in [0.2, 0.25) is 0 Å². The van der Waals surface area contributed by atoms with Crippen LogP contribution in [0.4, 0.5) is 0 Å². The second-order valence-electron chi connectivity index (χ2n) is 6.79. The van der Waals surface area contributed by atoms with Crippen molar-refractivity contribution in [2.75, 3.05) is 0 Å². The Balaban J connectivity index is 1.91. The Labute approximate surface area is 123 Å². The van der Waals surface area contributed by atoms with Crippen LogP contribution in [0, 0.1) is 6.92 Å². The molecule has 1 aromatic carbocycles. The first-order valence-electron chi connectivity index (χ1n) is 8.44. The van der Waals surface area contributed by atoms with Crippen LogP contribution in [0.2, 0.25) is 0 Å². The average molecular weight is 271 g/mol. The van der Waals surface area contributed by atoms with E-state index in [2.05, 4.69) is 19.1 Å². The van der Waals surface area contributed by atoms with E-state index < -0.39 is 0 Å². The molecule has 1 N–H and O–H groups in total. The first-order chi connectivity index (χ1) is 9.75. The molecule has 0 spiro atoms. The summed E-state index contributed by atoms with van der Waals surface area (Å²) in [5, 5.41) is 10.8. The van der Waals surface area contributed by atoms with Gasteiger partial charge in [0, 0.05) is 0 Å². The summed E-state index contributed by atoms with van der Waals surface area (Å²) in [6.45, 7) is 4.16. The van der Waals surface area contributed by atoms with Crippen molar-refractivity contribution in [1.29, 1.82) is 0 Å². The van der Waals surface area contributed by atoms with Crippen LogP contribution in [0.3, 0.4) is 0 Å². The lowest BCUT2D eigenvalue weighted by atomic mass is 9.78. The third-order valence-corrected chi connectivity index (χ3v) is 5.32. The topological polar surface area (TPSA) is 20.2 Å². The summed E-state index contributed by atoms with van der Waals surface area (Å²) >= 11 is 0. The van der Waals surface area contributed by atoms with Gasteiger partial charge in [0.05, 0.1) is 0 Å². The first-order valence-corrected chi connectivity index (χ1v) is 8.44. The summed E-state index contributed by atoms with van der Waals surface area (Å²) in [5.74, 6) is 1.73. The lowest BCUT2D eigenvalue weighted by Crippen LogP contribution is -2.09. The van der Waals surface area contributed by atoms with Crippen LogP contribution in [0.1, 0.15) is 92.7 Å². The van der Waals surface area contributed by atoms with E-state index in [0.29, 0.717) is 17.6 Å². The molecule has 0 atom stereocenters. The van der Waals surface area contributed by atoms with E-state index in [-0.39, 0.29) is 0 Å². The van der Waals surface area contributed by atoms with Crippen molar-refractivity contribution in [3.8, 4) is 5.75 Å². The molecule has 2 aliphatic carbocycles. The Morgan fingerprint density at radius 3 is 1.55 bits per heavy atom. The Morgan fingerprint density at radius 2 is 1.15 bits per heavy atom. The lowest BCUT2D eigenvalue weighted by Gasteiger charge is -2.28. The van der Waals surface area contributed by atoms with Gasteiger partial charge in [-0.25, -0.2) is 0 Å².